The van der Waals surface area contributed by atoms with Crippen molar-refractivity contribution in [3.05, 3.63) is 78.9 Å². The smallest absolute Gasteiger partial charge is 0.274 e. The van der Waals surface area contributed by atoms with E-state index in [4.69, 9.17) is 0 Å². The number of rotatable bonds is 8. The van der Waals surface area contributed by atoms with Gasteiger partial charge in [0.05, 0.1) is 5.39 Å². The second-order valence-corrected chi connectivity index (χ2v) is 10.4. The maximum absolute atomic E-state index is 13.0. The van der Waals surface area contributed by atoms with Crippen LogP contribution in [0.25, 0.3) is 22.3 Å². The molecule has 3 N–H and O–H groups in total. The van der Waals surface area contributed by atoms with Crippen molar-refractivity contribution in [2.75, 3.05) is 36.4 Å². The summed E-state index contributed by atoms with van der Waals surface area (Å²) in [5.74, 6) is 0.566. The van der Waals surface area contributed by atoms with Crippen LogP contribution >= 0.6 is 0 Å². The van der Waals surface area contributed by atoms with Crippen molar-refractivity contribution in [3.8, 4) is 11.3 Å². The fourth-order valence-electron chi connectivity index (χ4n) is 5.32. The number of hydrogen-bond acceptors (Lipinski definition) is 7. The number of aromatic amines is 1. The quantitative estimate of drug-likeness (QED) is 0.294. The zero-order chi connectivity index (χ0) is 27.5. The zero-order valence-corrected chi connectivity index (χ0v) is 22.3. The number of fused-ring (bicyclic) bond motifs is 1. The molecule has 0 aliphatic carbocycles. The van der Waals surface area contributed by atoms with Crippen LogP contribution in [0.2, 0.25) is 0 Å². The average Bonchev–Trinajstić information content (AvgIpc) is 3.38. The maximum Gasteiger partial charge on any atom is 0.274 e. The van der Waals surface area contributed by atoms with Crippen molar-refractivity contribution < 1.29 is 9.59 Å². The number of nitrogens with zero attached hydrogens (tertiary/aromatic N) is 5. The second-order valence-electron chi connectivity index (χ2n) is 10.4. The van der Waals surface area contributed by atoms with E-state index in [0.717, 1.165) is 72.7 Å². The molecule has 2 fully saturated rings. The van der Waals surface area contributed by atoms with Gasteiger partial charge >= 0.3 is 0 Å². The first-order valence-corrected chi connectivity index (χ1v) is 13.7. The number of nitrogens with one attached hydrogen (secondary N) is 3. The van der Waals surface area contributed by atoms with Gasteiger partial charge in [0.1, 0.15) is 23.5 Å². The SMILES string of the molecule is C=CC(=O)N[C@@H]1CCCN(Cc2ccnc(C(=O)Nc3ccc(-c4cc5c(N6CCC6)ncnc5[nH]4)cc3)c2)C1. The summed E-state index contributed by atoms with van der Waals surface area (Å²) in [5.41, 5.74) is 4.82. The molecule has 2 saturated heterocycles. The van der Waals surface area contributed by atoms with E-state index < -0.39 is 0 Å². The molecular formula is C30H32N8O2. The fraction of sp³-hybridized carbons (Fsp3) is 0.300. The molecule has 204 valence electrons. The van der Waals surface area contributed by atoms with Gasteiger partial charge in [-0.05, 0) is 73.3 Å². The van der Waals surface area contributed by atoms with Gasteiger partial charge in [0.25, 0.3) is 5.91 Å². The van der Waals surface area contributed by atoms with Gasteiger partial charge in [-0.3, -0.25) is 19.5 Å². The molecule has 2 amide bonds. The summed E-state index contributed by atoms with van der Waals surface area (Å²) in [6.07, 6.45) is 7.72. The monoisotopic (exact) mass is 536 g/mol. The predicted octanol–water partition coefficient (Wildman–Crippen LogP) is 3.75. The lowest BCUT2D eigenvalue weighted by Crippen LogP contribution is -2.46. The van der Waals surface area contributed by atoms with Crippen molar-refractivity contribution in [3.63, 3.8) is 0 Å². The third-order valence-corrected chi connectivity index (χ3v) is 7.51. The number of pyridine rings is 1. The van der Waals surface area contributed by atoms with E-state index in [1.807, 2.05) is 36.4 Å². The van der Waals surface area contributed by atoms with E-state index >= 15 is 0 Å². The number of carbonyl (C=O) groups excluding carboxylic acids is 2. The average molecular weight is 537 g/mol. The summed E-state index contributed by atoms with van der Waals surface area (Å²) in [6.45, 7) is 7.96. The van der Waals surface area contributed by atoms with Crippen LogP contribution in [0.3, 0.4) is 0 Å². The van der Waals surface area contributed by atoms with Gasteiger partial charge in [-0.25, -0.2) is 9.97 Å². The van der Waals surface area contributed by atoms with Crippen LogP contribution in [0.15, 0.2) is 67.6 Å². The number of benzene rings is 1. The number of anilines is 2. The standard InChI is InChI=1S/C30H32N8O2/c1-2-27(39)34-23-5-3-12-37(18-23)17-20-10-11-31-26(15-20)30(40)35-22-8-6-21(7-9-22)25-16-24-28(36-25)32-19-33-29(24)38-13-4-14-38/h2,6-11,15-16,19,23H,1,3-5,12-14,17-18H2,(H,34,39)(H,35,40)(H,32,33,36)/t23-/m1/s1. The summed E-state index contributed by atoms with van der Waals surface area (Å²) in [5, 5.41) is 6.96. The summed E-state index contributed by atoms with van der Waals surface area (Å²) in [6, 6.07) is 13.7. The van der Waals surface area contributed by atoms with Gasteiger partial charge in [0, 0.05) is 49.8 Å². The number of likely N-dealkylation sites (tertiary alicyclic amines) is 1. The van der Waals surface area contributed by atoms with Crippen LogP contribution in [-0.2, 0) is 11.3 Å². The Bertz CT molecular complexity index is 1540. The van der Waals surface area contributed by atoms with Crippen LogP contribution in [0.5, 0.6) is 0 Å². The number of aromatic nitrogens is 4. The molecule has 0 spiro atoms. The molecule has 3 aromatic heterocycles. The molecule has 6 rings (SSSR count). The van der Waals surface area contributed by atoms with Crippen molar-refractivity contribution in [2.24, 2.45) is 0 Å². The number of carbonyl (C=O) groups is 2. The zero-order valence-electron chi connectivity index (χ0n) is 22.3. The van der Waals surface area contributed by atoms with Crippen LogP contribution in [0, 0.1) is 0 Å². The number of amides is 2. The van der Waals surface area contributed by atoms with Crippen molar-refractivity contribution >= 4 is 34.4 Å². The highest BCUT2D eigenvalue weighted by Gasteiger charge is 2.22. The molecule has 4 aromatic rings. The molecule has 0 unspecified atom stereocenters. The third-order valence-electron chi connectivity index (χ3n) is 7.51. The first-order chi connectivity index (χ1) is 19.6. The Balaban J connectivity index is 1.10. The van der Waals surface area contributed by atoms with E-state index in [2.05, 4.69) is 53.0 Å². The molecule has 5 heterocycles. The van der Waals surface area contributed by atoms with Gasteiger partial charge in [-0.2, -0.15) is 0 Å². The highest BCUT2D eigenvalue weighted by Crippen LogP contribution is 2.31. The van der Waals surface area contributed by atoms with E-state index in [-0.39, 0.29) is 17.9 Å². The fourth-order valence-corrected chi connectivity index (χ4v) is 5.32. The first kappa shape index (κ1) is 25.7. The predicted molar refractivity (Wildman–Crippen MR) is 155 cm³/mol. The van der Waals surface area contributed by atoms with Crippen LogP contribution in [0.1, 0.15) is 35.3 Å². The molecule has 1 aromatic carbocycles. The van der Waals surface area contributed by atoms with Crippen molar-refractivity contribution in [2.45, 2.75) is 31.8 Å². The minimum atomic E-state index is -0.260. The number of piperidine rings is 1. The summed E-state index contributed by atoms with van der Waals surface area (Å²) < 4.78 is 0. The molecule has 10 nitrogen and oxygen atoms in total. The van der Waals surface area contributed by atoms with E-state index in [9.17, 15) is 9.59 Å². The number of hydrogen-bond donors (Lipinski definition) is 3. The van der Waals surface area contributed by atoms with Gasteiger partial charge in [-0.1, -0.05) is 18.7 Å². The Hall–Kier alpha value is -4.57. The second kappa shape index (κ2) is 11.3. The summed E-state index contributed by atoms with van der Waals surface area (Å²) >= 11 is 0. The lowest BCUT2D eigenvalue weighted by molar-refractivity contribution is -0.117. The Morgan fingerprint density at radius 2 is 1.90 bits per heavy atom. The molecule has 1 atom stereocenters. The maximum atomic E-state index is 13.0. The van der Waals surface area contributed by atoms with Crippen molar-refractivity contribution in [1.82, 2.24) is 30.2 Å². The minimum absolute atomic E-state index is 0.103. The molecule has 10 heteroatoms. The molecule has 0 radical (unpaired) electrons. The highest BCUT2D eigenvalue weighted by molar-refractivity contribution is 6.03. The lowest BCUT2D eigenvalue weighted by atomic mass is 10.0. The Kier molecular flexibility index (Phi) is 7.24. The van der Waals surface area contributed by atoms with Gasteiger partial charge in [0.2, 0.25) is 5.91 Å². The highest BCUT2D eigenvalue weighted by atomic mass is 16.2. The Morgan fingerprint density at radius 1 is 1.05 bits per heavy atom. The topological polar surface area (TPSA) is 119 Å². The summed E-state index contributed by atoms with van der Waals surface area (Å²) in [4.78, 5) is 45.8. The Morgan fingerprint density at radius 3 is 2.67 bits per heavy atom. The molecule has 0 bridgehead atoms. The van der Waals surface area contributed by atoms with E-state index in [0.29, 0.717) is 17.9 Å². The van der Waals surface area contributed by atoms with Crippen LogP contribution in [0.4, 0.5) is 11.5 Å². The van der Waals surface area contributed by atoms with Gasteiger partial charge in [-0.15, -0.1) is 0 Å². The van der Waals surface area contributed by atoms with E-state index in [1.54, 1.807) is 12.5 Å². The van der Waals surface area contributed by atoms with E-state index in [1.165, 1.54) is 12.5 Å². The third kappa shape index (κ3) is 5.57. The summed E-state index contributed by atoms with van der Waals surface area (Å²) in [7, 11) is 0. The lowest BCUT2D eigenvalue weighted by Gasteiger charge is -2.33. The van der Waals surface area contributed by atoms with Crippen molar-refractivity contribution in [1.29, 1.82) is 0 Å². The molecule has 2 aliphatic rings. The largest absolute Gasteiger partial charge is 0.356 e. The first-order valence-electron chi connectivity index (χ1n) is 13.7. The van der Waals surface area contributed by atoms with Gasteiger partial charge in [0.15, 0.2) is 0 Å². The van der Waals surface area contributed by atoms with Crippen LogP contribution in [-0.4, -0.2) is 68.9 Å². The minimum Gasteiger partial charge on any atom is -0.356 e. The molecule has 40 heavy (non-hydrogen) atoms. The van der Waals surface area contributed by atoms with Gasteiger partial charge < -0.3 is 20.5 Å². The number of H-pyrrole nitrogens is 1. The normalized spacial score (nSPS) is 17.3. The molecular weight excluding hydrogens is 504 g/mol. The molecule has 0 saturated carbocycles. The van der Waals surface area contributed by atoms with Crippen LogP contribution < -0.4 is 15.5 Å². The Labute approximate surface area is 232 Å². The molecule has 2 aliphatic heterocycles.